The summed E-state index contributed by atoms with van der Waals surface area (Å²) in [5, 5.41) is 8.80. The second kappa shape index (κ2) is 4.99. The lowest BCUT2D eigenvalue weighted by atomic mass is 9.74. The number of aliphatic carboxylic acids is 1. The van der Waals surface area contributed by atoms with Crippen LogP contribution in [0, 0.1) is 11.8 Å². The molecule has 14 heavy (non-hydrogen) atoms. The van der Waals surface area contributed by atoms with E-state index in [1.54, 1.807) is 0 Å². The summed E-state index contributed by atoms with van der Waals surface area (Å²) in [6.45, 7) is 4.05. The Kier molecular flexibility index (Phi) is 4.89. The van der Waals surface area contributed by atoms with E-state index in [4.69, 9.17) is 10.8 Å². The van der Waals surface area contributed by atoms with Crippen LogP contribution in [0.25, 0.3) is 0 Å². The van der Waals surface area contributed by atoms with Crippen LogP contribution < -0.4 is 5.73 Å². The van der Waals surface area contributed by atoms with Gasteiger partial charge in [0.1, 0.15) is 0 Å². The molecule has 0 heterocycles. The fourth-order valence-corrected chi connectivity index (χ4v) is 2.08. The van der Waals surface area contributed by atoms with Crippen molar-refractivity contribution in [2.45, 2.75) is 45.1 Å². The molecule has 0 saturated heterocycles. The molecule has 1 fully saturated rings. The van der Waals surface area contributed by atoms with Crippen LogP contribution in [0.5, 0.6) is 0 Å². The molecule has 0 aromatic heterocycles. The van der Waals surface area contributed by atoms with Gasteiger partial charge in [0.15, 0.2) is 0 Å². The van der Waals surface area contributed by atoms with Crippen LogP contribution in [-0.2, 0) is 4.79 Å². The molecule has 3 N–H and O–H groups in total. The Morgan fingerprint density at radius 1 is 1.29 bits per heavy atom. The lowest BCUT2D eigenvalue weighted by Crippen LogP contribution is -2.43. The van der Waals surface area contributed by atoms with E-state index in [9.17, 15) is 4.79 Å². The molecule has 0 amide bonds. The van der Waals surface area contributed by atoms with E-state index >= 15 is 0 Å². The molecule has 0 radical (unpaired) electrons. The number of carbonyl (C=O) groups is 1. The summed E-state index contributed by atoms with van der Waals surface area (Å²) < 4.78 is 0. The Bertz CT molecular complexity index is 193. The maximum Gasteiger partial charge on any atom is 0.306 e. The van der Waals surface area contributed by atoms with Gasteiger partial charge in [-0.05, 0) is 45.4 Å². The molecule has 0 aliphatic heterocycles. The number of hydrogen-bond donors (Lipinski definition) is 2. The van der Waals surface area contributed by atoms with Crippen LogP contribution in [0.4, 0.5) is 0 Å². The van der Waals surface area contributed by atoms with Gasteiger partial charge in [0.2, 0.25) is 0 Å². The van der Waals surface area contributed by atoms with Gasteiger partial charge >= 0.3 is 5.97 Å². The monoisotopic (exact) mass is 221 g/mol. The van der Waals surface area contributed by atoms with Crippen molar-refractivity contribution in [3.8, 4) is 0 Å². The second-order valence-electron chi connectivity index (χ2n) is 4.71. The summed E-state index contributed by atoms with van der Waals surface area (Å²) in [7, 11) is 0. The molecule has 0 aromatic rings. The predicted octanol–water partition coefficient (Wildman–Crippen LogP) is 2.04. The van der Waals surface area contributed by atoms with E-state index in [0.29, 0.717) is 5.92 Å². The van der Waals surface area contributed by atoms with Gasteiger partial charge in [0.25, 0.3) is 0 Å². The molecular formula is C10H20ClNO2. The van der Waals surface area contributed by atoms with Gasteiger partial charge in [-0.25, -0.2) is 0 Å². The highest BCUT2D eigenvalue weighted by molar-refractivity contribution is 5.85. The third-order valence-corrected chi connectivity index (χ3v) is 3.13. The Hall–Kier alpha value is -0.280. The van der Waals surface area contributed by atoms with Crippen molar-refractivity contribution >= 4 is 18.4 Å². The highest BCUT2D eigenvalue weighted by Gasteiger charge is 2.32. The molecule has 0 atom stereocenters. The Balaban J connectivity index is 0.00000169. The van der Waals surface area contributed by atoms with Crippen LogP contribution in [0.1, 0.15) is 39.5 Å². The van der Waals surface area contributed by atoms with Crippen LogP contribution in [0.2, 0.25) is 0 Å². The van der Waals surface area contributed by atoms with Crippen molar-refractivity contribution in [3.63, 3.8) is 0 Å². The molecule has 1 saturated carbocycles. The molecule has 1 rings (SSSR count). The quantitative estimate of drug-likeness (QED) is 0.750. The molecule has 3 nitrogen and oxygen atoms in total. The largest absolute Gasteiger partial charge is 0.481 e. The average molecular weight is 222 g/mol. The van der Waals surface area contributed by atoms with Gasteiger partial charge in [-0.15, -0.1) is 12.4 Å². The van der Waals surface area contributed by atoms with Crippen molar-refractivity contribution in [2.75, 3.05) is 0 Å². The first-order valence-corrected chi connectivity index (χ1v) is 4.93. The van der Waals surface area contributed by atoms with E-state index in [1.165, 1.54) is 0 Å². The van der Waals surface area contributed by atoms with Gasteiger partial charge in [-0.2, -0.15) is 0 Å². The molecule has 1 aliphatic rings. The highest BCUT2D eigenvalue weighted by Crippen LogP contribution is 2.34. The molecule has 84 valence electrons. The summed E-state index contributed by atoms with van der Waals surface area (Å²) in [4.78, 5) is 10.7. The molecule has 1 aliphatic carbocycles. The maximum atomic E-state index is 10.7. The Labute approximate surface area is 91.5 Å². The smallest absolute Gasteiger partial charge is 0.306 e. The summed E-state index contributed by atoms with van der Waals surface area (Å²) >= 11 is 0. The number of nitrogens with two attached hydrogens (primary N) is 1. The van der Waals surface area contributed by atoms with Gasteiger partial charge in [0, 0.05) is 5.54 Å². The third kappa shape index (κ3) is 3.46. The van der Waals surface area contributed by atoms with E-state index in [2.05, 4.69) is 0 Å². The van der Waals surface area contributed by atoms with E-state index in [-0.39, 0.29) is 23.9 Å². The van der Waals surface area contributed by atoms with Crippen molar-refractivity contribution < 1.29 is 9.90 Å². The topological polar surface area (TPSA) is 63.3 Å². The summed E-state index contributed by atoms with van der Waals surface area (Å²) in [6, 6.07) is 0. The van der Waals surface area contributed by atoms with Crippen LogP contribution in [0.3, 0.4) is 0 Å². The zero-order valence-electron chi connectivity index (χ0n) is 8.82. The Morgan fingerprint density at radius 3 is 2.00 bits per heavy atom. The number of rotatable bonds is 2. The highest BCUT2D eigenvalue weighted by atomic mass is 35.5. The molecule has 0 unspecified atom stereocenters. The first-order chi connectivity index (χ1) is 5.91. The van der Waals surface area contributed by atoms with Crippen molar-refractivity contribution in [2.24, 2.45) is 17.6 Å². The third-order valence-electron chi connectivity index (χ3n) is 3.13. The maximum absolute atomic E-state index is 10.7. The fraction of sp³-hybridized carbons (Fsp3) is 0.900. The van der Waals surface area contributed by atoms with Gasteiger partial charge in [0.05, 0.1) is 5.92 Å². The molecular weight excluding hydrogens is 202 g/mol. The van der Waals surface area contributed by atoms with E-state index in [1.807, 2.05) is 13.8 Å². The minimum absolute atomic E-state index is 0. The van der Waals surface area contributed by atoms with Crippen LogP contribution in [-0.4, -0.2) is 16.6 Å². The molecule has 0 spiro atoms. The number of carboxylic acid groups (broad SMARTS) is 1. The lowest BCUT2D eigenvalue weighted by molar-refractivity contribution is -0.143. The first-order valence-electron chi connectivity index (χ1n) is 4.93. The zero-order valence-corrected chi connectivity index (χ0v) is 9.64. The van der Waals surface area contributed by atoms with Crippen molar-refractivity contribution in [3.05, 3.63) is 0 Å². The van der Waals surface area contributed by atoms with Crippen LogP contribution >= 0.6 is 12.4 Å². The molecule has 0 aromatic carbocycles. The predicted molar refractivity (Wildman–Crippen MR) is 58.6 cm³/mol. The van der Waals surface area contributed by atoms with Crippen molar-refractivity contribution in [1.82, 2.24) is 0 Å². The van der Waals surface area contributed by atoms with Crippen molar-refractivity contribution in [1.29, 1.82) is 0 Å². The Morgan fingerprint density at radius 2 is 1.71 bits per heavy atom. The van der Waals surface area contributed by atoms with Gasteiger partial charge in [-0.1, -0.05) is 0 Å². The number of hydrogen-bond acceptors (Lipinski definition) is 2. The minimum atomic E-state index is -0.645. The standard InChI is InChI=1S/C10H19NO2.ClH/c1-10(2,11)8-5-3-7(4-6-8)9(12)13;/h7-8H,3-6,11H2,1-2H3,(H,12,13);1H/t7-,8-;. The zero-order chi connectivity index (χ0) is 10.1. The van der Waals surface area contributed by atoms with E-state index in [0.717, 1.165) is 25.7 Å². The summed E-state index contributed by atoms with van der Waals surface area (Å²) in [5.41, 5.74) is 5.83. The van der Waals surface area contributed by atoms with Crippen LogP contribution in [0.15, 0.2) is 0 Å². The summed E-state index contributed by atoms with van der Waals surface area (Å²) in [6.07, 6.45) is 3.50. The SMILES string of the molecule is CC(C)(N)[C@H]1CC[C@H](C(=O)O)CC1.Cl. The summed E-state index contributed by atoms with van der Waals surface area (Å²) in [5.74, 6) is -0.282. The first kappa shape index (κ1) is 13.7. The average Bonchev–Trinajstić information content (AvgIpc) is 2.03. The normalized spacial score (nSPS) is 27.9. The fourth-order valence-electron chi connectivity index (χ4n) is 2.08. The second-order valence-corrected chi connectivity index (χ2v) is 4.71. The van der Waals surface area contributed by atoms with E-state index < -0.39 is 5.97 Å². The molecule has 4 heteroatoms. The lowest BCUT2D eigenvalue weighted by Gasteiger charge is -2.35. The minimum Gasteiger partial charge on any atom is -0.481 e. The van der Waals surface area contributed by atoms with Gasteiger partial charge < -0.3 is 10.8 Å². The van der Waals surface area contributed by atoms with Gasteiger partial charge in [-0.3, -0.25) is 4.79 Å². The number of carboxylic acids is 1. The molecule has 0 bridgehead atoms. The number of halogens is 1.